The molecule has 1 N–H and O–H groups in total. The molecule has 0 bridgehead atoms. The summed E-state index contributed by atoms with van der Waals surface area (Å²) in [5.74, 6) is -0.493. The minimum Gasteiger partial charge on any atom is -0.497 e. The van der Waals surface area contributed by atoms with Crippen LogP contribution in [0.25, 0.3) is 10.8 Å². The monoisotopic (exact) mass is 374 g/mol. The van der Waals surface area contributed by atoms with Crippen LogP contribution in [0.3, 0.4) is 0 Å². The number of hydrogen-bond acceptors (Lipinski definition) is 4. The molecule has 0 aromatic heterocycles. The summed E-state index contributed by atoms with van der Waals surface area (Å²) in [5.41, 5.74) is -0.581. The summed E-state index contributed by atoms with van der Waals surface area (Å²) < 4.78 is 5.11. The highest BCUT2D eigenvalue weighted by atomic mass is 16.5. The molecule has 0 spiro atoms. The number of urea groups is 1. The van der Waals surface area contributed by atoms with Gasteiger partial charge in [-0.1, -0.05) is 42.5 Å². The lowest BCUT2D eigenvalue weighted by molar-refractivity contribution is -0.125. The Bertz CT molecular complexity index is 1100. The standard InChI is InChI=1S/C22H18N2O4/c1-22(18-9-5-7-14-6-3-4-8-17(14)18)20(26)23-21(27)24(22)19(25)15-10-12-16(28-2)13-11-15/h3-13H,1-2H3,(H,23,26,27). The first kappa shape index (κ1) is 17.7. The zero-order chi connectivity index (χ0) is 19.9. The summed E-state index contributed by atoms with van der Waals surface area (Å²) in [6.45, 7) is 1.59. The van der Waals surface area contributed by atoms with Gasteiger partial charge in [0.2, 0.25) is 0 Å². The summed E-state index contributed by atoms with van der Waals surface area (Å²) in [7, 11) is 1.53. The van der Waals surface area contributed by atoms with Crippen LogP contribution >= 0.6 is 0 Å². The number of amides is 4. The Labute approximate surface area is 161 Å². The van der Waals surface area contributed by atoms with Gasteiger partial charge >= 0.3 is 6.03 Å². The molecule has 140 valence electrons. The third kappa shape index (κ3) is 2.53. The van der Waals surface area contributed by atoms with Crippen LogP contribution in [0.5, 0.6) is 5.75 Å². The molecule has 4 amide bonds. The molecule has 0 aliphatic carbocycles. The van der Waals surface area contributed by atoms with Crippen molar-refractivity contribution in [2.45, 2.75) is 12.5 Å². The van der Waals surface area contributed by atoms with Crippen molar-refractivity contribution in [3.05, 3.63) is 77.9 Å². The Morgan fingerprint density at radius 2 is 1.64 bits per heavy atom. The van der Waals surface area contributed by atoms with Crippen LogP contribution in [0.4, 0.5) is 4.79 Å². The number of ether oxygens (including phenoxy) is 1. The highest BCUT2D eigenvalue weighted by molar-refractivity contribution is 6.18. The van der Waals surface area contributed by atoms with Crippen LogP contribution in [0.15, 0.2) is 66.7 Å². The van der Waals surface area contributed by atoms with E-state index in [0.717, 1.165) is 15.7 Å². The van der Waals surface area contributed by atoms with Gasteiger partial charge in [0.1, 0.15) is 5.75 Å². The van der Waals surface area contributed by atoms with E-state index in [4.69, 9.17) is 4.74 Å². The summed E-state index contributed by atoms with van der Waals surface area (Å²) in [5, 5.41) is 4.03. The summed E-state index contributed by atoms with van der Waals surface area (Å²) >= 11 is 0. The molecular weight excluding hydrogens is 356 g/mol. The van der Waals surface area contributed by atoms with Gasteiger partial charge in [-0.2, -0.15) is 0 Å². The number of imide groups is 2. The van der Waals surface area contributed by atoms with E-state index in [-0.39, 0.29) is 5.56 Å². The lowest BCUT2D eigenvalue weighted by atomic mass is 9.86. The number of rotatable bonds is 3. The number of carbonyl (C=O) groups excluding carboxylic acids is 3. The van der Waals surface area contributed by atoms with Crippen molar-refractivity contribution in [3.63, 3.8) is 0 Å². The summed E-state index contributed by atoms with van der Waals surface area (Å²) in [6, 6.07) is 18.7. The Balaban J connectivity index is 1.86. The van der Waals surface area contributed by atoms with Crippen LogP contribution in [0.1, 0.15) is 22.8 Å². The van der Waals surface area contributed by atoms with Crippen molar-refractivity contribution in [1.82, 2.24) is 10.2 Å². The van der Waals surface area contributed by atoms with Gasteiger partial charge in [0.15, 0.2) is 5.54 Å². The molecular formula is C22H18N2O4. The van der Waals surface area contributed by atoms with E-state index < -0.39 is 23.4 Å². The highest BCUT2D eigenvalue weighted by Crippen LogP contribution is 2.38. The second-order valence-electron chi connectivity index (χ2n) is 6.73. The maximum atomic E-state index is 13.2. The first-order valence-electron chi connectivity index (χ1n) is 8.79. The van der Waals surface area contributed by atoms with Crippen molar-refractivity contribution >= 4 is 28.6 Å². The fourth-order valence-corrected chi connectivity index (χ4v) is 3.63. The number of hydrogen-bond donors (Lipinski definition) is 1. The van der Waals surface area contributed by atoms with E-state index in [1.807, 2.05) is 36.4 Å². The molecule has 6 heteroatoms. The Morgan fingerprint density at radius 3 is 2.36 bits per heavy atom. The highest BCUT2D eigenvalue weighted by Gasteiger charge is 2.54. The molecule has 3 aromatic carbocycles. The van der Waals surface area contributed by atoms with E-state index >= 15 is 0 Å². The van der Waals surface area contributed by atoms with E-state index in [1.165, 1.54) is 7.11 Å². The minimum absolute atomic E-state index is 0.289. The van der Waals surface area contributed by atoms with Crippen molar-refractivity contribution in [3.8, 4) is 5.75 Å². The van der Waals surface area contributed by atoms with Crippen molar-refractivity contribution in [2.24, 2.45) is 0 Å². The summed E-state index contributed by atoms with van der Waals surface area (Å²) in [4.78, 5) is 39.6. The number of methoxy groups -OCH3 is 1. The average molecular weight is 374 g/mol. The van der Waals surface area contributed by atoms with E-state index in [9.17, 15) is 14.4 Å². The smallest absolute Gasteiger partial charge is 0.332 e. The molecule has 1 atom stereocenters. The van der Waals surface area contributed by atoms with Crippen LogP contribution in [0, 0.1) is 0 Å². The third-order valence-electron chi connectivity index (χ3n) is 5.17. The topological polar surface area (TPSA) is 75.7 Å². The number of benzene rings is 3. The molecule has 0 saturated carbocycles. The molecule has 1 saturated heterocycles. The molecule has 6 nitrogen and oxygen atoms in total. The van der Waals surface area contributed by atoms with Gasteiger partial charge in [0, 0.05) is 5.56 Å². The van der Waals surface area contributed by atoms with Crippen LogP contribution in [-0.4, -0.2) is 29.9 Å². The quantitative estimate of drug-likeness (QED) is 0.713. The molecule has 0 radical (unpaired) electrons. The van der Waals surface area contributed by atoms with Gasteiger partial charge < -0.3 is 4.74 Å². The van der Waals surface area contributed by atoms with Crippen LogP contribution in [0.2, 0.25) is 0 Å². The maximum Gasteiger partial charge on any atom is 0.332 e. The van der Waals surface area contributed by atoms with Gasteiger partial charge in [0.25, 0.3) is 11.8 Å². The molecule has 1 unspecified atom stereocenters. The Kier molecular flexibility index (Phi) is 4.11. The molecule has 1 aliphatic heterocycles. The second kappa shape index (κ2) is 6.49. The van der Waals surface area contributed by atoms with Crippen LogP contribution < -0.4 is 10.1 Å². The second-order valence-corrected chi connectivity index (χ2v) is 6.73. The number of fused-ring (bicyclic) bond motifs is 1. The number of nitrogens with one attached hydrogen (secondary N) is 1. The summed E-state index contributed by atoms with van der Waals surface area (Å²) in [6.07, 6.45) is 0. The van der Waals surface area contributed by atoms with Gasteiger partial charge in [-0.15, -0.1) is 0 Å². The predicted octanol–water partition coefficient (Wildman–Crippen LogP) is 3.46. The zero-order valence-electron chi connectivity index (χ0n) is 15.4. The Morgan fingerprint density at radius 1 is 0.964 bits per heavy atom. The fourth-order valence-electron chi connectivity index (χ4n) is 3.63. The molecule has 1 heterocycles. The third-order valence-corrected chi connectivity index (χ3v) is 5.17. The largest absolute Gasteiger partial charge is 0.497 e. The number of carbonyl (C=O) groups is 3. The van der Waals surface area contributed by atoms with E-state index in [1.54, 1.807) is 37.3 Å². The number of nitrogens with zero attached hydrogens (tertiary/aromatic N) is 1. The minimum atomic E-state index is -1.46. The van der Waals surface area contributed by atoms with E-state index in [2.05, 4.69) is 5.32 Å². The van der Waals surface area contributed by atoms with Gasteiger partial charge in [-0.05, 0) is 47.5 Å². The van der Waals surface area contributed by atoms with E-state index in [0.29, 0.717) is 11.3 Å². The van der Waals surface area contributed by atoms with Gasteiger partial charge in [0.05, 0.1) is 7.11 Å². The van der Waals surface area contributed by atoms with Gasteiger partial charge in [-0.25, -0.2) is 9.69 Å². The zero-order valence-corrected chi connectivity index (χ0v) is 15.4. The van der Waals surface area contributed by atoms with Gasteiger partial charge in [-0.3, -0.25) is 14.9 Å². The SMILES string of the molecule is COc1ccc(C(=O)N2C(=O)NC(=O)C2(C)c2cccc3ccccc23)cc1. The fraction of sp³-hybridized carbons (Fsp3) is 0.136. The molecule has 1 fully saturated rings. The molecule has 28 heavy (non-hydrogen) atoms. The van der Waals surface area contributed by atoms with Crippen molar-refractivity contribution in [1.29, 1.82) is 0 Å². The Hall–Kier alpha value is -3.67. The van der Waals surface area contributed by atoms with Crippen molar-refractivity contribution < 1.29 is 19.1 Å². The first-order valence-corrected chi connectivity index (χ1v) is 8.79. The lowest BCUT2D eigenvalue weighted by Crippen LogP contribution is -2.47. The average Bonchev–Trinajstić information content (AvgIpc) is 2.96. The maximum absolute atomic E-state index is 13.2. The van der Waals surface area contributed by atoms with Crippen LogP contribution in [-0.2, 0) is 10.3 Å². The molecule has 4 rings (SSSR count). The molecule has 1 aliphatic rings. The first-order chi connectivity index (χ1) is 13.5. The lowest BCUT2D eigenvalue weighted by Gasteiger charge is -2.31. The normalized spacial score (nSPS) is 19.0. The molecule has 3 aromatic rings. The van der Waals surface area contributed by atoms with Crippen molar-refractivity contribution in [2.75, 3.05) is 7.11 Å². The predicted molar refractivity (Wildman–Crippen MR) is 104 cm³/mol.